The van der Waals surface area contributed by atoms with E-state index in [1.54, 1.807) is 0 Å². The van der Waals surface area contributed by atoms with Crippen molar-refractivity contribution in [1.29, 1.82) is 0 Å². The lowest BCUT2D eigenvalue weighted by atomic mass is 9.98. The molecule has 23 heavy (non-hydrogen) atoms. The quantitative estimate of drug-likeness (QED) is 0.697. The van der Waals surface area contributed by atoms with Crippen LogP contribution in [0.5, 0.6) is 0 Å². The molecule has 4 nitrogen and oxygen atoms in total. The molecule has 0 unspecified atom stereocenters. The highest BCUT2D eigenvalue weighted by molar-refractivity contribution is 6.11. The molecule has 1 aliphatic heterocycles. The Labute approximate surface area is 132 Å². The second kappa shape index (κ2) is 5.21. The van der Waals surface area contributed by atoms with Gasteiger partial charge in [-0.3, -0.25) is 4.79 Å². The Morgan fingerprint density at radius 1 is 1.22 bits per heavy atom. The van der Waals surface area contributed by atoms with Crippen LogP contribution < -0.4 is 10.6 Å². The van der Waals surface area contributed by atoms with Crippen LogP contribution >= 0.6 is 0 Å². The third kappa shape index (κ3) is 2.21. The summed E-state index contributed by atoms with van der Waals surface area (Å²) in [7, 11) is 1.91. The maximum Gasteiger partial charge on any atom is 0.252 e. The van der Waals surface area contributed by atoms with Crippen LogP contribution in [0, 0.1) is 5.82 Å². The van der Waals surface area contributed by atoms with Gasteiger partial charge in [-0.2, -0.15) is 0 Å². The van der Waals surface area contributed by atoms with Crippen LogP contribution in [0.15, 0.2) is 36.4 Å². The van der Waals surface area contributed by atoms with Crippen molar-refractivity contribution >= 4 is 16.8 Å². The summed E-state index contributed by atoms with van der Waals surface area (Å²) in [5.41, 5.74) is 5.23. The monoisotopic (exact) mass is 309 g/mol. The molecule has 2 aromatic carbocycles. The first-order valence-electron chi connectivity index (χ1n) is 7.53. The van der Waals surface area contributed by atoms with Crippen LogP contribution in [0.4, 0.5) is 4.39 Å². The SMILES string of the molecule is CNCc1ccc(-c2[nH]c3cc(F)cc4c3c2CNC4=O)cc1. The third-order valence-corrected chi connectivity index (χ3v) is 4.26. The van der Waals surface area contributed by atoms with Gasteiger partial charge >= 0.3 is 0 Å². The zero-order valence-electron chi connectivity index (χ0n) is 12.7. The summed E-state index contributed by atoms with van der Waals surface area (Å²) in [6.45, 7) is 1.26. The highest BCUT2D eigenvalue weighted by atomic mass is 19.1. The Bertz CT molecular complexity index is 912. The molecule has 3 N–H and O–H groups in total. The third-order valence-electron chi connectivity index (χ3n) is 4.26. The van der Waals surface area contributed by atoms with Crippen molar-refractivity contribution in [3.8, 4) is 11.3 Å². The van der Waals surface area contributed by atoms with Crippen molar-refractivity contribution in [3.05, 3.63) is 58.9 Å². The molecule has 0 aliphatic carbocycles. The first kappa shape index (κ1) is 14.0. The zero-order chi connectivity index (χ0) is 16.0. The standard InChI is InChI=1S/C18H16FN3O/c1-20-8-10-2-4-11(5-3-10)17-14-9-21-18(23)13-6-12(19)7-15(22-17)16(13)14/h2-7,20,22H,8-9H2,1H3,(H,21,23). The second-order valence-electron chi connectivity index (χ2n) is 5.76. The van der Waals surface area contributed by atoms with Gasteiger partial charge in [0.15, 0.2) is 0 Å². The molecule has 0 fully saturated rings. The number of amides is 1. The van der Waals surface area contributed by atoms with Crippen molar-refractivity contribution in [2.45, 2.75) is 13.1 Å². The van der Waals surface area contributed by atoms with Gasteiger partial charge in [0.2, 0.25) is 0 Å². The van der Waals surface area contributed by atoms with Gasteiger partial charge in [-0.05, 0) is 30.3 Å². The molecule has 0 bridgehead atoms. The number of carbonyl (C=O) groups is 1. The minimum Gasteiger partial charge on any atom is -0.354 e. The molecule has 2 heterocycles. The van der Waals surface area contributed by atoms with E-state index < -0.39 is 5.82 Å². The van der Waals surface area contributed by atoms with Crippen molar-refractivity contribution in [1.82, 2.24) is 15.6 Å². The van der Waals surface area contributed by atoms with Gasteiger partial charge < -0.3 is 15.6 Å². The number of hydrogen-bond donors (Lipinski definition) is 3. The van der Waals surface area contributed by atoms with Gasteiger partial charge in [-0.25, -0.2) is 4.39 Å². The van der Waals surface area contributed by atoms with Crippen LogP contribution in [0.3, 0.4) is 0 Å². The highest BCUT2D eigenvalue weighted by Gasteiger charge is 2.24. The van der Waals surface area contributed by atoms with E-state index in [2.05, 4.69) is 27.8 Å². The maximum absolute atomic E-state index is 13.8. The minimum atomic E-state index is -0.409. The predicted molar refractivity (Wildman–Crippen MR) is 87.6 cm³/mol. The highest BCUT2D eigenvalue weighted by Crippen LogP contribution is 2.35. The number of carbonyl (C=O) groups excluding carboxylic acids is 1. The molecule has 0 saturated heterocycles. The van der Waals surface area contributed by atoms with E-state index in [4.69, 9.17) is 0 Å². The molecule has 0 radical (unpaired) electrons. The molecule has 0 saturated carbocycles. The summed E-state index contributed by atoms with van der Waals surface area (Å²) in [4.78, 5) is 15.3. The predicted octanol–water partition coefficient (Wildman–Crippen LogP) is 2.94. The van der Waals surface area contributed by atoms with Gasteiger partial charge in [0.1, 0.15) is 5.82 Å². The normalized spacial score (nSPS) is 13.4. The van der Waals surface area contributed by atoms with Gasteiger partial charge in [0.25, 0.3) is 5.91 Å². The molecule has 0 spiro atoms. The first-order valence-corrected chi connectivity index (χ1v) is 7.53. The minimum absolute atomic E-state index is 0.225. The fourth-order valence-electron chi connectivity index (χ4n) is 3.23. The van der Waals surface area contributed by atoms with Gasteiger partial charge in [0.05, 0.1) is 11.3 Å². The number of rotatable bonds is 3. The molecule has 1 aromatic heterocycles. The van der Waals surface area contributed by atoms with Crippen molar-refractivity contribution in [2.24, 2.45) is 0 Å². The van der Waals surface area contributed by atoms with Crippen molar-refractivity contribution in [2.75, 3.05) is 7.05 Å². The summed E-state index contributed by atoms with van der Waals surface area (Å²) in [6.07, 6.45) is 0. The van der Waals surface area contributed by atoms with E-state index in [9.17, 15) is 9.18 Å². The number of H-pyrrole nitrogens is 1. The fraction of sp³-hybridized carbons (Fsp3) is 0.167. The number of benzene rings is 2. The number of aromatic nitrogens is 1. The number of hydrogen-bond acceptors (Lipinski definition) is 2. The van der Waals surface area contributed by atoms with E-state index in [1.165, 1.54) is 17.7 Å². The number of nitrogens with one attached hydrogen (secondary N) is 3. The Kier molecular flexibility index (Phi) is 3.16. The van der Waals surface area contributed by atoms with Gasteiger partial charge in [-0.15, -0.1) is 0 Å². The van der Waals surface area contributed by atoms with Crippen LogP contribution in [0.2, 0.25) is 0 Å². The Morgan fingerprint density at radius 3 is 2.74 bits per heavy atom. The topological polar surface area (TPSA) is 56.9 Å². The lowest BCUT2D eigenvalue weighted by Crippen LogP contribution is -2.27. The number of aromatic amines is 1. The molecule has 1 amide bonds. The molecule has 5 heteroatoms. The van der Waals surface area contributed by atoms with E-state index in [-0.39, 0.29) is 5.91 Å². The first-order chi connectivity index (χ1) is 11.2. The largest absolute Gasteiger partial charge is 0.354 e. The van der Waals surface area contributed by atoms with Crippen molar-refractivity contribution in [3.63, 3.8) is 0 Å². The molecule has 1 aliphatic rings. The smallest absolute Gasteiger partial charge is 0.252 e. The Morgan fingerprint density at radius 2 is 2.00 bits per heavy atom. The van der Waals surface area contributed by atoms with Gasteiger partial charge in [-0.1, -0.05) is 24.3 Å². The summed E-state index contributed by atoms with van der Waals surface area (Å²) in [5, 5.41) is 6.76. The van der Waals surface area contributed by atoms with Crippen LogP contribution in [-0.2, 0) is 13.1 Å². The zero-order valence-corrected chi connectivity index (χ0v) is 12.7. The maximum atomic E-state index is 13.8. The van der Waals surface area contributed by atoms with Crippen LogP contribution in [-0.4, -0.2) is 17.9 Å². The average Bonchev–Trinajstić information content (AvgIpc) is 2.91. The fourth-order valence-corrected chi connectivity index (χ4v) is 3.23. The molecule has 4 rings (SSSR count). The van der Waals surface area contributed by atoms with Crippen LogP contribution in [0.25, 0.3) is 22.2 Å². The molecule has 0 atom stereocenters. The molecule has 116 valence electrons. The number of halogens is 1. The summed E-state index contributed by atoms with van der Waals surface area (Å²) in [6, 6.07) is 11.0. The average molecular weight is 309 g/mol. The molecule has 3 aromatic rings. The lowest BCUT2D eigenvalue weighted by molar-refractivity contribution is 0.0949. The van der Waals surface area contributed by atoms with Crippen LogP contribution in [0.1, 0.15) is 21.5 Å². The van der Waals surface area contributed by atoms with E-state index >= 15 is 0 Å². The second-order valence-corrected chi connectivity index (χ2v) is 5.76. The summed E-state index contributed by atoms with van der Waals surface area (Å²) in [5.74, 6) is -0.634. The van der Waals surface area contributed by atoms with Gasteiger partial charge in [0, 0.05) is 29.6 Å². The van der Waals surface area contributed by atoms with E-state index in [0.717, 1.165) is 28.8 Å². The lowest BCUT2D eigenvalue weighted by Gasteiger charge is -2.15. The Hall–Kier alpha value is -2.66. The molecular weight excluding hydrogens is 293 g/mol. The summed E-state index contributed by atoms with van der Waals surface area (Å²) < 4.78 is 13.8. The van der Waals surface area contributed by atoms with Crippen molar-refractivity contribution < 1.29 is 9.18 Å². The van der Waals surface area contributed by atoms with E-state index in [0.29, 0.717) is 17.6 Å². The Balaban J connectivity index is 1.90. The van der Waals surface area contributed by atoms with E-state index in [1.807, 2.05) is 19.2 Å². The summed E-state index contributed by atoms with van der Waals surface area (Å²) >= 11 is 0. The molecular formula is C18H16FN3O.